The predicted octanol–water partition coefficient (Wildman–Crippen LogP) is 3.40. The fourth-order valence-corrected chi connectivity index (χ4v) is 5.33. The van der Waals surface area contributed by atoms with Crippen molar-refractivity contribution in [3.63, 3.8) is 0 Å². The van der Waals surface area contributed by atoms with Gasteiger partial charge in [0.25, 0.3) is 0 Å². The van der Waals surface area contributed by atoms with Crippen molar-refractivity contribution in [1.29, 1.82) is 0 Å². The third-order valence-corrected chi connectivity index (χ3v) is 7.43. The fourth-order valence-electron chi connectivity index (χ4n) is 3.90. The number of phenols is 1. The first-order chi connectivity index (χ1) is 14.7. The van der Waals surface area contributed by atoms with Crippen LogP contribution in [0.25, 0.3) is 11.0 Å². The van der Waals surface area contributed by atoms with Gasteiger partial charge in [0.2, 0.25) is 10.0 Å². The first-order valence-electron chi connectivity index (χ1n) is 9.98. The smallest absolute Gasteiger partial charge is 0.336 e. The topological polar surface area (TPSA) is 99.9 Å². The Bertz CT molecular complexity index is 1260. The van der Waals surface area contributed by atoms with E-state index in [-0.39, 0.29) is 16.7 Å². The molecule has 4 rings (SSSR count). The molecule has 9 heteroatoms. The van der Waals surface area contributed by atoms with Gasteiger partial charge in [0, 0.05) is 47.7 Å². The molecule has 2 heterocycles. The third kappa shape index (κ3) is 4.77. The molecule has 0 unspecified atom stereocenters. The minimum Gasteiger partial charge on any atom is -0.508 e. The number of aromatic hydroxyl groups is 1. The highest BCUT2D eigenvalue weighted by Crippen LogP contribution is 2.28. The summed E-state index contributed by atoms with van der Waals surface area (Å²) in [5.41, 5.74) is 1.30. The molecular formula is C22H23ClN2O5S. The summed E-state index contributed by atoms with van der Waals surface area (Å²) < 4.78 is 33.3. The third-order valence-electron chi connectivity index (χ3n) is 5.65. The molecule has 1 saturated heterocycles. The number of sulfonamides is 1. The maximum absolute atomic E-state index is 12.6. The lowest BCUT2D eigenvalue weighted by atomic mass is 10.0. The maximum Gasteiger partial charge on any atom is 0.336 e. The molecule has 0 saturated carbocycles. The molecule has 1 aliphatic rings. The number of hydrogen-bond donors (Lipinski definition) is 2. The van der Waals surface area contributed by atoms with E-state index in [9.17, 15) is 18.3 Å². The molecule has 164 valence electrons. The lowest BCUT2D eigenvalue weighted by Crippen LogP contribution is -2.44. The van der Waals surface area contributed by atoms with Gasteiger partial charge < -0.3 is 9.52 Å². The van der Waals surface area contributed by atoms with Crippen LogP contribution in [0.3, 0.4) is 0 Å². The molecule has 0 atom stereocenters. The van der Waals surface area contributed by atoms with Crippen LogP contribution in [-0.2, 0) is 16.6 Å². The van der Waals surface area contributed by atoms with Crippen LogP contribution in [-0.4, -0.2) is 37.6 Å². The molecule has 1 fully saturated rings. The van der Waals surface area contributed by atoms with Crippen LogP contribution in [0.5, 0.6) is 5.75 Å². The number of hydrogen-bond acceptors (Lipinski definition) is 6. The molecule has 1 aromatic heterocycles. The van der Waals surface area contributed by atoms with Gasteiger partial charge >= 0.3 is 5.63 Å². The van der Waals surface area contributed by atoms with E-state index in [0.29, 0.717) is 48.6 Å². The zero-order valence-electron chi connectivity index (χ0n) is 17.0. The van der Waals surface area contributed by atoms with E-state index in [1.165, 1.54) is 18.2 Å². The van der Waals surface area contributed by atoms with Gasteiger partial charge in [-0.1, -0.05) is 11.6 Å². The molecule has 7 nitrogen and oxygen atoms in total. The number of fused-ring (bicyclic) bond motifs is 1. The van der Waals surface area contributed by atoms with E-state index in [0.717, 1.165) is 10.9 Å². The number of likely N-dealkylation sites (tertiary alicyclic amines) is 1. The Labute approximate surface area is 185 Å². The van der Waals surface area contributed by atoms with E-state index in [2.05, 4.69) is 9.62 Å². The lowest BCUT2D eigenvalue weighted by Gasteiger charge is -2.32. The number of benzene rings is 2. The summed E-state index contributed by atoms with van der Waals surface area (Å²) in [6, 6.07) is 10.8. The average Bonchev–Trinajstić information content (AvgIpc) is 2.72. The number of halogens is 1. The van der Waals surface area contributed by atoms with Crippen LogP contribution < -0.4 is 10.3 Å². The molecular weight excluding hydrogens is 440 g/mol. The Morgan fingerprint density at radius 1 is 1.16 bits per heavy atom. The number of phenolic OH excluding ortho intramolecular Hbond substituents is 1. The van der Waals surface area contributed by atoms with E-state index in [1.807, 2.05) is 0 Å². The fraction of sp³-hybridized carbons (Fsp3) is 0.318. The molecule has 0 spiro atoms. The standard InChI is InChI=1S/C22H23ClN2O5S/c1-14-20(26)7-6-19-15(12-21(27)30-22(14)19)13-25-10-8-17(9-11-25)24-31(28,29)18-4-2-16(23)3-5-18/h2-7,12,17,24,26H,8-11,13H2,1H3. The Kier molecular flexibility index (Phi) is 6.07. The highest BCUT2D eigenvalue weighted by atomic mass is 35.5. The van der Waals surface area contributed by atoms with Gasteiger partial charge in [-0.3, -0.25) is 4.90 Å². The number of aryl methyl sites for hydroxylation is 1. The molecule has 0 aliphatic carbocycles. The summed E-state index contributed by atoms with van der Waals surface area (Å²) in [6.07, 6.45) is 1.32. The van der Waals surface area contributed by atoms with Crippen molar-refractivity contribution >= 4 is 32.6 Å². The Morgan fingerprint density at radius 2 is 1.84 bits per heavy atom. The number of nitrogens with zero attached hydrogens (tertiary/aromatic N) is 1. The molecule has 3 aromatic rings. The number of rotatable bonds is 5. The summed E-state index contributed by atoms with van der Waals surface area (Å²) in [5, 5.41) is 11.2. The van der Waals surface area contributed by atoms with Crippen molar-refractivity contribution in [1.82, 2.24) is 9.62 Å². The molecule has 2 N–H and O–H groups in total. The van der Waals surface area contributed by atoms with Gasteiger partial charge in [-0.15, -0.1) is 0 Å². The predicted molar refractivity (Wildman–Crippen MR) is 119 cm³/mol. The van der Waals surface area contributed by atoms with Crippen LogP contribution in [0.1, 0.15) is 24.0 Å². The van der Waals surface area contributed by atoms with Crippen molar-refractivity contribution in [2.45, 2.75) is 37.2 Å². The van der Waals surface area contributed by atoms with Crippen molar-refractivity contribution in [2.24, 2.45) is 0 Å². The average molecular weight is 463 g/mol. The number of piperidine rings is 1. The molecule has 1 aliphatic heterocycles. The van der Waals surface area contributed by atoms with Crippen LogP contribution >= 0.6 is 11.6 Å². The summed E-state index contributed by atoms with van der Waals surface area (Å²) in [4.78, 5) is 14.4. The normalized spacial score (nSPS) is 16.1. The molecule has 0 amide bonds. The van der Waals surface area contributed by atoms with Crippen LogP contribution in [0.4, 0.5) is 0 Å². The Balaban J connectivity index is 1.44. The summed E-state index contributed by atoms with van der Waals surface area (Å²) >= 11 is 5.84. The summed E-state index contributed by atoms with van der Waals surface area (Å²) in [7, 11) is -3.60. The summed E-state index contributed by atoms with van der Waals surface area (Å²) in [5.74, 6) is 0.0848. The second-order valence-corrected chi connectivity index (χ2v) is 9.95. The summed E-state index contributed by atoms with van der Waals surface area (Å²) in [6.45, 7) is 3.63. The highest BCUT2D eigenvalue weighted by Gasteiger charge is 2.25. The van der Waals surface area contributed by atoms with Crippen molar-refractivity contribution < 1.29 is 17.9 Å². The lowest BCUT2D eigenvalue weighted by molar-refractivity contribution is 0.200. The minimum atomic E-state index is -3.60. The van der Waals surface area contributed by atoms with E-state index in [4.69, 9.17) is 16.0 Å². The zero-order valence-corrected chi connectivity index (χ0v) is 18.5. The largest absolute Gasteiger partial charge is 0.508 e. The van der Waals surface area contributed by atoms with Gasteiger partial charge in [0.05, 0.1) is 4.90 Å². The van der Waals surface area contributed by atoms with Crippen molar-refractivity contribution in [2.75, 3.05) is 13.1 Å². The highest BCUT2D eigenvalue weighted by molar-refractivity contribution is 7.89. The van der Waals surface area contributed by atoms with Gasteiger partial charge in [-0.2, -0.15) is 0 Å². The van der Waals surface area contributed by atoms with Gasteiger partial charge in [-0.05, 0) is 61.7 Å². The Hall–Kier alpha value is -2.39. The van der Waals surface area contributed by atoms with Gasteiger partial charge in [-0.25, -0.2) is 17.9 Å². The van der Waals surface area contributed by atoms with E-state index < -0.39 is 15.6 Å². The van der Waals surface area contributed by atoms with E-state index in [1.54, 1.807) is 31.2 Å². The van der Waals surface area contributed by atoms with Crippen LogP contribution in [0.15, 0.2) is 56.6 Å². The van der Waals surface area contributed by atoms with Crippen molar-refractivity contribution in [3.8, 4) is 5.75 Å². The van der Waals surface area contributed by atoms with Crippen LogP contribution in [0, 0.1) is 6.92 Å². The maximum atomic E-state index is 12.6. The van der Waals surface area contributed by atoms with Gasteiger partial charge in [0.15, 0.2) is 0 Å². The Morgan fingerprint density at radius 3 is 2.52 bits per heavy atom. The molecule has 0 radical (unpaired) electrons. The zero-order chi connectivity index (χ0) is 22.2. The van der Waals surface area contributed by atoms with Gasteiger partial charge in [0.1, 0.15) is 11.3 Å². The van der Waals surface area contributed by atoms with Crippen molar-refractivity contribution in [3.05, 3.63) is 69.0 Å². The monoisotopic (exact) mass is 462 g/mol. The SMILES string of the molecule is Cc1c(O)ccc2c(CN3CCC(NS(=O)(=O)c4ccc(Cl)cc4)CC3)cc(=O)oc12. The van der Waals surface area contributed by atoms with Crippen LogP contribution in [0.2, 0.25) is 5.02 Å². The quantitative estimate of drug-likeness (QED) is 0.564. The molecule has 2 aromatic carbocycles. The first kappa shape index (κ1) is 21.8. The molecule has 31 heavy (non-hydrogen) atoms. The second-order valence-electron chi connectivity index (χ2n) is 7.80. The van der Waals surface area contributed by atoms with E-state index >= 15 is 0 Å². The molecule has 0 bridgehead atoms. The first-order valence-corrected chi connectivity index (χ1v) is 11.8. The second kappa shape index (κ2) is 8.63. The minimum absolute atomic E-state index is 0.0848. The number of nitrogens with one attached hydrogen (secondary N) is 1.